The fourth-order valence-corrected chi connectivity index (χ4v) is 1.27. The van der Waals surface area contributed by atoms with Crippen LogP contribution in [0, 0.1) is 0 Å². The van der Waals surface area contributed by atoms with Gasteiger partial charge < -0.3 is 10.5 Å². The number of nitrogen functional groups attached to an aromatic ring is 1. The van der Waals surface area contributed by atoms with Crippen LogP contribution in [0.4, 0.5) is 5.95 Å². The van der Waals surface area contributed by atoms with Gasteiger partial charge in [-0.3, -0.25) is 0 Å². The molecule has 0 aliphatic rings. The maximum absolute atomic E-state index is 5.55. The van der Waals surface area contributed by atoms with Gasteiger partial charge in [-0.1, -0.05) is 17.2 Å². The summed E-state index contributed by atoms with van der Waals surface area (Å²) >= 11 is 0. The molecular weight excluding hydrogens is 194 g/mol. The van der Waals surface area contributed by atoms with E-state index in [1.807, 2.05) is 24.3 Å². The second-order valence-corrected chi connectivity index (χ2v) is 3.05. The highest BCUT2D eigenvalue weighted by molar-refractivity contribution is 5.29. The van der Waals surface area contributed by atoms with Crippen LogP contribution in [0.1, 0.15) is 5.56 Å². The highest BCUT2D eigenvalue weighted by Crippen LogP contribution is 2.13. The fraction of sp³-hybridized carbons (Fsp3) is 0.222. The van der Waals surface area contributed by atoms with Gasteiger partial charge in [0.1, 0.15) is 5.75 Å². The van der Waals surface area contributed by atoms with Crippen LogP contribution < -0.4 is 10.5 Å². The van der Waals surface area contributed by atoms with Crippen molar-refractivity contribution in [3.05, 3.63) is 29.8 Å². The first-order chi connectivity index (χ1) is 7.29. The Labute approximate surface area is 86.7 Å². The Bertz CT molecular complexity index is 453. The number of hydrogen-bond donors (Lipinski definition) is 1. The first kappa shape index (κ1) is 9.45. The summed E-state index contributed by atoms with van der Waals surface area (Å²) in [5, 5.41) is 10.8. The summed E-state index contributed by atoms with van der Waals surface area (Å²) in [5.74, 6) is 1.11. The van der Waals surface area contributed by atoms with Crippen molar-refractivity contribution in [2.24, 2.45) is 0 Å². The molecule has 1 aromatic heterocycles. The lowest BCUT2D eigenvalue weighted by atomic mass is 10.2. The number of rotatable bonds is 3. The topological polar surface area (TPSA) is 78.8 Å². The van der Waals surface area contributed by atoms with E-state index in [1.165, 1.54) is 4.68 Å². The molecule has 6 heteroatoms. The van der Waals surface area contributed by atoms with E-state index < -0.39 is 0 Å². The van der Waals surface area contributed by atoms with E-state index in [0.717, 1.165) is 11.3 Å². The minimum Gasteiger partial charge on any atom is -0.497 e. The van der Waals surface area contributed by atoms with Crippen LogP contribution >= 0.6 is 0 Å². The van der Waals surface area contributed by atoms with Crippen LogP contribution in [0.15, 0.2) is 24.3 Å². The van der Waals surface area contributed by atoms with Crippen molar-refractivity contribution in [3.63, 3.8) is 0 Å². The zero-order chi connectivity index (χ0) is 10.7. The maximum Gasteiger partial charge on any atom is 0.240 e. The molecule has 78 valence electrons. The van der Waals surface area contributed by atoms with Gasteiger partial charge in [-0.15, -0.1) is 0 Å². The number of tetrazole rings is 1. The van der Waals surface area contributed by atoms with E-state index in [1.54, 1.807) is 7.11 Å². The number of methoxy groups -OCH3 is 1. The van der Waals surface area contributed by atoms with Crippen LogP contribution in [0.3, 0.4) is 0 Å². The van der Waals surface area contributed by atoms with Crippen molar-refractivity contribution in [1.82, 2.24) is 20.2 Å². The van der Waals surface area contributed by atoms with Gasteiger partial charge in [0.05, 0.1) is 13.7 Å². The van der Waals surface area contributed by atoms with Crippen molar-refractivity contribution in [3.8, 4) is 5.75 Å². The Balaban J connectivity index is 2.21. The van der Waals surface area contributed by atoms with Crippen molar-refractivity contribution in [1.29, 1.82) is 0 Å². The van der Waals surface area contributed by atoms with Gasteiger partial charge in [0.25, 0.3) is 0 Å². The number of ether oxygens (including phenoxy) is 1. The average Bonchev–Trinajstić information content (AvgIpc) is 2.65. The molecule has 0 atom stereocenters. The molecule has 0 bridgehead atoms. The highest BCUT2D eigenvalue weighted by Gasteiger charge is 2.02. The number of anilines is 1. The first-order valence-corrected chi connectivity index (χ1v) is 4.44. The second kappa shape index (κ2) is 3.95. The van der Waals surface area contributed by atoms with E-state index in [4.69, 9.17) is 10.5 Å². The van der Waals surface area contributed by atoms with Crippen molar-refractivity contribution in [2.75, 3.05) is 12.8 Å². The predicted molar refractivity (Wildman–Crippen MR) is 54.3 cm³/mol. The zero-order valence-electron chi connectivity index (χ0n) is 8.29. The Hall–Kier alpha value is -2.11. The highest BCUT2D eigenvalue weighted by atomic mass is 16.5. The SMILES string of the molecule is COc1cccc(Cn2nnnc2N)c1. The molecule has 0 fully saturated rings. The summed E-state index contributed by atoms with van der Waals surface area (Å²) in [7, 11) is 1.63. The van der Waals surface area contributed by atoms with Crippen LogP contribution in [0.5, 0.6) is 5.75 Å². The Morgan fingerprint density at radius 3 is 3.00 bits per heavy atom. The number of nitrogens with zero attached hydrogens (tertiary/aromatic N) is 4. The Morgan fingerprint density at radius 2 is 2.33 bits per heavy atom. The molecule has 6 nitrogen and oxygen atoms in total. The largest absolute Gasteiger partial charge is 0.497 e. The van der Waals surface area contributed by atoms with Gasteiger partial charge in [-0.2, -0.15) is 0 Å². The fourth-order valence-electron chi connectivity index (χ4n) is 1.27. The van der Waals surface area contributed by atoms with Gasteiger partial charge in [-0.05, 0) is 28.1 Å². The van der Waals surface area contributed by atoms with Gasteiger partial charge in [0.2, 0.25) is 5.95 Å². The smallest absolute Gasteiger partial charge is 0.240 e. The number of hydrogen-bond acceptors (Lipinski definition) is 5. The van der Waals surface area contributed by atoms with Gasteiger partial charge in [-0.25, -0.2) is 4.68 Å². The summed E-state index contributed by atoms with van der Waals surface area (Å²) in [6.07, 6.45) is 0. The van der Waals surface area contributed by atoms with Crippen LogP contribution in [-0.2, 0) is 6.54 Å². The third-order valence-electron chi connectivity index (χ3n) is 2.03. The lowest BCUT2D eigenvalue weighted by Gasteiger charge is -2.04. The minimum atomic E-state index is 0.304. The van der Waals surface area contributed by atoms with E-state index in [2.05, 4.69) is 15.5 Å². The molecule has 0 spiro atoms. The normalized spacial score (nSPS) is 10.2. The minimum absolute atomic E-state index is 0.304. The monoisotopic (exact) mass is 205 g/mol. The summed E-state index contributed by atoms with van der Waals surface area (Å²) in [4.78, 5) is 0. The third kappa shape index (κ3) is 2.04. The predicted octanol–water partition coefficient (Wildman–Crippen LogP) is 0.312. The summed E-state index contributed by atoms with van der Waals surface area (Å²) in [6.45, 7) is 0.538. The van der Waals surface area contributed by atoms with E-state index in [-0.39, 0.29) is 0 Å². The molecule has 0 unspecified atom stereocenters. The molecule has 2 N–H and O–H groups in total. The molecule has 0 aliphatic heterocycles. The molecule has 1 aromatic carbocycles. The lowest BCUT2D eigenvalue weighted by molar-refractivity contribution is 0.414. The average molecular weight is 205 g/mol. The standard InChI is InChI=1S/C9H11N5O/c1-15-8-4-2-3-7(5-8)6-14-9(10)11-12-13-14/h2-5H,6H2,1H3,(H2,10,11,13). The van der Waals surface area contributed by atoms with E-state index in [9.17, 15) is 0 Å². The van der Waals surface area contributed by atoms with Crippen molar-refractivity contribution < 1.29 is 4.74 Å². The number of aromatic nitrogens is 4. The zero-order valence-corrected chi connectivity index (χ0v) is 8.29. The molecule has 0 radical (unpaired) electrons. The quantitative estimate of drug-likeness (QED) is 0.780. The molecule has 2 aromatic rings. The molecule has 0 saturated heterocycles. The summed E-state index contributed by atoms with van der Waals surface area (Å²) < 4.78 is 6.63. The Morgan fingerprint density at radius 1 is 1.47 bits per heavy atom. The van der Waals surface area contributed by atoms with E-state index in [0.29, 0.717) is 12.5 Å². The number of benzene rings is 1. The van der Waals surface area contributed by atoms with Crippen LogP contribution in [-0.4, -0.2) is 27.3 Å². The van der Waals surface area contributed by atoms with Crippen molar-refractivity contribution in [2.45, 2.75) is 6.54 Å². The lowest BCUT2D eigenvalue weighted by Crippen LogP contribution is -2.06. The van der Waals surface area contributed by atoms with Gasteiger partial charge in [0, 0.05) is 0 Å². The van der Waals surface area contributed by atoms with E-state index >= 15 is 0 Å². The van der Waals surface area contributed by atoms with Gasteiger partial charge >= 0.3 is 0 Å². The molecular formula is C9H11N5O. The molecule has 0 aliphatic carbocycles. The molecule has 1 heterocycles. The van der Waals surface area contributed by atoms with Crippen LogP contribution in [0.25, 0.3) is 0 Å². The molecule has 15 heavy (non-hydrogen) atoms. The summed E-state index contributed by atoms with van der Waals surface area (Å²) in [5.41, 5.74) is 6.59. The van der Waals surface area contributed by atoms with Crippen molar-refractivity contribution >= 4 is 5.95 Å². The first-order valence-electron chi connectivity index (χ1n) is 4.44. The second-order valence-electron chi connectivity index (χ2n) is 3.05. The molecule has 0 saturated carbocycles. The maximum atomic E-state index is 5.55. The third-order valence-corrected chi connectivity index (χ3v) is 2.03. The number of nitrogens with two attached hydrogens (primary N) is 1. The summed E-state index contributed by atoms with van der Waals surface area (Å²) in [6, 6.07) is 7.67. The van der Waals surface area contributed by atoms with Crippen LogP contribution in [0.2, 0.25) is 0 Å². The van der Waals surface area contributed by atoms with Gasteiger partial charge in [0.15, 0.2) is 0 Å². The molecule has 0 amide bonds. The molecule has 2 rings (SSSR count). The Kier molecular flexibility index (Phi) is 2.49.